The number of halogens is 1. The van der Waals surface area contributed by atoms with Crippen LogP contribution in [0.2, 0.25) is 0 Å². The van der Waals surface area contributed by atoms with Crippen molar-refractivity contribution in [1.29, 1.82) is 0 Å². The smallest absolute Gasteiger partial charge is 0.306 e. The zero-order chi connectivity index (χ0) is 17.2. The topological polar surface area (TPSA) is 127 Å². The summed E-state index contributed by atoms with van der Waals surface area (Å²) in [5.74, 6) is -2.67. The van der Waals surface area contributed by atoms with Gasteiger partial charge in [0.15, 0.2) is 4.90 Å². The van der Waals surface area contributed by atoms with E-state index in [1.165, 1.54) is 0 Å². The number of carboxylic acids is 1. The molecule has 126 valence electrons. The Hall–Kier alpha value is -2.07. The minimum Gasteiger partial charge on any atom is -0.481 e. The number of benzene rings is 1. The van der Waals surface area contributed by atoms with E-state index in [4.69, 9.17) is 5.11 Å². The van der Waals surface area contributed by atoms with Crippen molar-refractivity contribution in [3.63, 3.8) is 0 Å². The molecule has 0 saturated heterocycles. The van der Waals surface area contributed by atoms with E-state index >= 15 is 0 Å². The molecule has 1 aliphatic rings. The van der Waals surface area contributed by atoms with Crippen LogP contribution in [-0.4, -0.2) is 30.5 Å². The second-order valence-electron chi connectivity index (χ2n) is 5.35. The molecule has 2 rings (SSSR count). The van der Waals surface area contributed by atoms with Gasteiger partial charge < -0.3 is 5.11 Å². The summed E-state index contributed by atoms with van der Waals surface area (Å²) >= 11 is 0. The SMILES string of the molecule is O=C(O)C1CCC(NS(=O)(=O)c2c(F)cccc2[N+](=O)[O-])CC1. The van der Waals surface area contributed by atoms with E-state index in [1.807, 2.05) is 0 Å². The van der Waals surface area contributed by atoms with Gasteiger partial charge in [-0.05, 0) is 31.7 Å². The second-order valence-corrected chi connectivity index (χ2v) is 7.00. The third-order valence-electron chi connectivity index (χ3n) is 3.81. The third-order valence-corrected chi connectivity index (χ3v) is 5.40. The van der Waals surface area contributed by atoms with E-state index in [1.54, 1.807) is 0 Å². The minimum atomic E-state index is -4.42. The molecule has 0 spiro atoms. The monoisotopic (exact) mass is 346 g/mol. The van der Waals surface area contributed by atoms with Gasteiger partial charge in [0.2, 0.25) is 0 Å². The van der Waals surface area contributed by atoms with E-state index in [2.05, 4.69) is 4.72 Å². The van der Waals surface area contributed by atoms with Crippen LogP contribution in [-0.2, 0) is 14.8 Å². The van der Waals surface area contributed by atoms with Crippen LogP contribution in [0.5, 0.6) is 0 Å². The Morgan fingerprint density at radius 1 is 1.30 bits per heavy atom. The largest absolute Gasteiger partial charge is 0.481 e. The van der Waals surface area contributed by atoms with E-state index in [9.17, 15) is 27.7 Å². The molecule has 2 N–H and O–H groups in total. The fourth-order valence-electron chi connectivity index (χ4n) is 2.64. The van der Waals surface area contributed by atoms with Crippen LogP contribution in [0.15, 0.2) is 23.1 Å². The first-order chi connectivity index (χ1) is 10.7. The number of hydrogen-bond donors (Lipinski definition) is 2. The van der Waals surface area contributed by atoms with E-state index < -0.39 is 49.3 Å². The van der Waals surface area contributed by atoms with E-state index in [0.29, 0.717) is 12.8 Å². The summed E-state index contributed by atoms with van der Waals surface area (Å²) in [5.41, 5.74) is -0.836. The Morgan fingerprint density at radius 3 is 2.43 bits per heavy atom. The number of nitro benzene ring substituents is 1. The standard InChI is InChI=1S/C13H15FN2O6S/c14-10-2-1-3-11(16(19)20)12(10)23(21,22)15-9-6-4-8(5-7-9)13(17)18/h1-3,8-9,15H,4-7H2,(H,17,18). The van der Waals surface area contributed by atoms with Crippen LogP contribution in [0.1, 0.15) is 25.7 Å². The maximum absolute atomic E-state index is 13.8. The maximum atomic E-state index is 13.8. The molecule has 0 atom stereocenters. The molecule has 0 radical (unpaired) electrons. The molecule has 8 nitrogen and oxygen atoms in total. The number of nitrogens with one attached hydrogen (secondary N) is 1. The maximum Gasteiger partial charge on any atom is 0.306 e. The highest BCUT2D eigenvalue weighted by molar-refractivity contribution is 7.89. The van der Waals surface area contributed by atoms with Gasteiger partial charge in [0.25, 0.3) is 15.7 Å². The normalized spacial score (nSPS) is 21.8. The van der Waals surface area contributed by atoms with Gasteiger partial charge in [0.05, 0.1) is 10.8 Å². The summed E-state index contributed by atoms with van der Waals surface area (Å²) in [4.78, 5) is 19.8. The molecule has 0 heterocycles. The molecule has 1 saturated carbocycles. The van der Waals surface area contributed by atoms with Crippen molar-refractivity contribution in [2.24, 2.45) is 5.92 Å². The lowest BCUT2D eigenvalue weighted by molar-refractivity contribution is -0.388. The molecule has 0 aromatic heterocycles. The quantitative estimate of drug-likeness (QED) is 0.616. The highest BCUT2D eigenvalue weighted by Crippen LogP contribution is 2.29. The average Bonchev–Trinajstić information content (AvgIpc) is 2.46. The minimum absolute atomic E-state index is 0.276. The summed E-state index contributed by atoms with van der Waals surface area (Å²) in [6.45, 7) is 0. The number of carbonyl (C=O) groups is 1. The Balaban J connectivity index is 2.21. The fourth-order valence-corrected chi connectivity index (χ4v) is 4.18. The molecule has 0 bridgehead atoms. The number of nitrogens with zero attached hydrogens (tertiary/aromatic N) is 1. The molecule has 23 heavy (non-hydrogen) atoms. The first-order valence-corrected chi connectivity index (χ1v) is 8.38. The molecule has 1 aromatic carbocycles. The Bertz CT molecular complexity index is 728. The zero-order valence-electron chi connectivity index (χ0n) is 11.9. The molecular formula is C13H15FN2O6S. The van der Waals surface area contributed by atoms with Gasteiger partial charge >= 0.3 is 5.97 Å². The lowest BCUT2D eigenvalue weighted by Crippen LogP contribution is -2.39. The Labute approximate surface area is 131 Å². The molecule has 0 aliphatic heterocycles. The Kier molecular flexibility index (Phi) is 4.95. The van der Waals surface area contributed by atoms with Crippen LogP contribution < -0.4 is 4.72 Å². The zero-order valence-corrected chi connectivity index (χ0v) is 12.8. The summed E-state index contributed by atoms with van der Waals surface area (Å²) in [6, 6.07) is 2.24. The van der Waals surface area contributed by atoms with Crippen molar-refractivity contribution < 1.29 is 27.6 Å². The third kappa shape index (κ3) is 3.82. The van der Waals surface area contributed by atoms with Crippen LogP contribution in [0.3, 0.4) is 0 Å². The van der Waals surface area contributed by atoms with Gasteiger partial charge in [-0.15, -0.1) is 0 Å². The average molecular weight is 346 g/mol. The molecule has 1 aliphatic carbocycles. The number of carboxylic acid groups (broad SMARTS) is 1. The van der Waals surface area contributed by atoms with Crippen LogP contribution >= 0.6 is 0 Å². The molecular weight excluding hydrogens is 331 g/mol. The van der Waals surface area contributed by atoms with Gasteiger partial charge in [0, 0.05) is 12.1 Å². The molecule has 1 fully saturated rings. The van der Waals surface area contributed by atoms with Gasteiger partial charge in [-0.1, -0.05) is 6.07 Å². The molecule has 0 unspecified atom stereocenters. The molecule has 1 aromatic rings. The number of hydrogen-bond acceptors (Lipinski definition) is 5. The highest BCUT2D eigenvalue weighted by Gasteiger charge is 2.34. The number of aliphatic carboxylic acids is 1. The predicted octanol–water partition coefficient (Wildman–Crippen LogP) is 1.66. The predicted molar refractivity (Wildman–Crippen MR) is 76.8 cm³/mol. The summed E-state index contributed by atoms with van der Waals surface area (Å²) in [5, 5.41) is 19.8. The number of nitro groups is 1. The number of rotatable bonds is 5. The van der Waals surface area contributed by atoms with Crippen molar-refractivity contribution in [2.75, 3.05) is 0 Å². The van der Waals surface area contributed by atoms with Crippen molar-refractivity contribution in [3.05, 3.63) is 34.1 Å². The summed E-state index contributed by atoms with van der Waals surface area (Å²) in [7, 11) is -4.42. The lowest BCUT2D eigenvalue weighted by atomic mass is 9.87. The Morgan fingerprint density at radius 2 is 1.91 bits per heavy atom. The highest BCUT2D eigenvalue weighted by atomic mass is 32.2. The van der Waals surface area contributed by atoms with Gasteiger partial charge in [-0.3, -0.25) is 14.9 Å². The fraction of sp³-hybridized carbons (Fsp3) is 0.462. The first-order valence-electron chi connectivity index (χ1n) is 6.90. The molecule has 0 amide bonds. The second kappa shape index (κ2) is 6.59. The van der Waals surface area contributed by atoms with Crippen LogP contribution in [0, 0.1) is 21.8 Å². The first kappa shape index (κ1) is 17.3. The van der Waals surface area contributed by atoms with Gasteiger partial charge in [-0.2, -0.15) is 0 Å². The van der Waals surface area contributed by atoms with Crippen molar-refractivity contribution in [2.45, 2.75) is 36.6 Å². The summed E-state index contributed by atoms with van der Waals surface area (Å²) in [6.07, 6.45) is 1.14. The van der Waals surface area contributed by atoms with Crippen molar-refractivity contribution in [1.82, 2.24) is 4.72 Å². The van der Waals surface area contributed by atoms with E-state index in [0.717, 1.165) is 18.2 Å². The van der Waals surface area contributed by atoms with Crippen molar-refractivity contribution in [3.8, 4) is 0 Å². The van der Waals surface area contributed by atoms with Crippen LogP contribution in [0.4, 0.5) is 10.1 Å². The molecule has 10 heteroatoms. The van der Waals surface area contributed by atoms with Crippen molar-refractivity contribution >= 4 is 21.7 Å². The number of sulfonamides is 1. The summed E-state index contributed by atoms with van der Waals surface area (Å²) < 4.78 is 40.6. The van der Waals surface area contributed by atoms with Gasteiger partial charge in [-0.25, -0.2) is 17.5 Å². The van der Waals surface area contributed by atoms with Crippen LogP contribution in [0.25, 0.3) is 0 Å². The van der Waals surface area contributed by atoms with Gasteiger partial charge in [0.1, 0.15) is 5.82 Å². The van der Waals surface area contributed by atoms with E-state index in [-0.39, 0.29) is 12.8 Å². The lowest BCUT2D eigenvalue weighted by Gasteiger charge is -2.26.